The summed E-state index contributed by atoms with van der Waals surface area (Å²) in [5, 5.41) is 2.66. The van der Waals surface area contributed by atoms with Crippen LogP contribution in [0.1, 0.15) is 23.2 Å². The molecule has 1 saturated heterocycles. The van der Waals surface area contributed by atoms with E-state index in [1.807, 2.05) is 7.05 Å². The Labute approximate surface area is 161 Å². The molecule has 1 amide bonds. The molecule has 0 spiro atoms. The van der Waals surface area contributed by atoms with Crippen LogP contribution in [0.5, 0.6) is 11.5 Å². The van der Waals surface area contributed by atoms with Crippen molar-refractivity contribution in [2.75, 3.05) is 53.7 Å². The first-order chi connectivity index (χ1) is 12.8. The molecule has 0 unspecified atom stereocenters. The number of nitrogens with one attached hydrogen (secondary N) is 1. The number of hydrogen-bond acceptors (Lipinski definition) is 6. The molecule has 0 saturated carbocycles. The highest BCUT2D eigenvalue weighted by atomic mass is 32.2. The van der Waals surface area contributed by atoms with Gasteiger partial charge in [-0.2, -0.15) is 0 Å². The fourth-order valence-electron chi connectivity index (χ4n) is 3.10. The van der Waals surface area contributed by atoms with Gasteiger partial charge in [-0.1, -0.05) is 0 Å². The Hall–Kier alpha value is -1.84. The molecule has 0 bridgehead atoms. The Morgan fingerprint density at radius 1 is 1.22 bits per heavy atom. The molecule has 8 nitrogen and oxygen atoms in total. The lowest BCUT2D eigenvalue weighted by Gasteiger charge is -2.34. The summed E-state index contributed by atoms with van der Waals surface area (Å²) in [6.07, 6.45) is 1.65. The minimum Gasteiger partial charge on any atom is -0.493 e. The van der Waals surface area contributed by atoms with E-state index in [1.54, 1.807) is 25.2 Å². The SMILES string of the molecule is COc1ccc(C(=O)NCCS(=O)(=O)N(C)C2CCN(C)CC2)cc1OC. The standard InChI is InChI=1S/C18H29N3O5S/c1-20-10-7-15(8-11-20)21(2)27(23,24)12-9-19-18(22)14-5-6-16(25-3)17(13-14)26-4/h5-6,13,15H,7-12H2,1-4H3,(H,19,22). The summed E-state index contributed by atoms with van der Waals surface area (Å²) in [5.41, 5.74) is 0.383. The molecular weight excluding hydrogens is 370 g/mol. The van der Waals surface area contributed by atoms with E-state index >= 15 is 0 Å². The molecule has 0 aromatic heterocycles. The summed E-state index contributed by atoms with van der Waals surface area (Å²) in [4.78, 5) is 14.5. The highest BCUT2D eigenvalue weighted by Crippen LogP contribution is 2.27. The molecule has 0 atom stereocenters. The number of rotatable bonds is 8. The van der Waals surface area contributed by atoms with Gasteiger partial charge in [0.15, 0.2) is 11.5 Å². The Morgan fingerprint density at radius 2 is 1.85 bits per heavy atom. The van der Waals surface area contributed by atoms with Crippen LogP contribution in [0.3, 0.4) is 0 Å². The van der Waals surface area contributed by atoms with Crippen LogP contribution in [0.25, 0.3) is 0 Å². The maximum Gasteiger partial charge on any atom is 0.251 e. The monoisotopic (exact) mass is 399 g/mol. The first kappa shape index (κ1) is 21.5. The Balaban J connectivity index is 1.90. The summed E-state index contributed by atoms with van der Waals surface area (Å²) in [6, 6.07) is 4.83. The number of carbonyl (C=O) groups is 1. The average molecular weight is 400 g/mol. The summed E-state index contributed by atoms with van der Waals surface area (Å²) < 4.78 is 36.9. The van der Waals surface area contributed by atoms with Crippen molar-refractivity contribution in [2.24, 2.45) is 0 Å². The number of sulfonamides is 1. The lowest BCUT2D eigenvalue weighted by molar-refractivity contribution is 0.0955. The average Bonchev–Trinajstić information content (AvgIpc) is 2.67. The summed E-state index contributed by atoms with van der Waals surface area (Å²) in [5.74, 6) is 0.485. The van der Waals surface area contributed by atoms with Crippen LogP contribution in [0, 0.1) is 0 Å². The predicted molar refractivity (Wildman–Crippen MR) is 104 cm³/mol. The van der Waals surface area contributed by atoms with Crippen molar-refractivity contribution in [1.82, 2.24) is 14.5 Å². The number of carbonyl (C=O) groups excluding carboxylic acids is 1. The number of ether oxygens (including phenoxy) is 2. The zero-order valence-electron chi connectivity index (χ0n) is 16.4. The van der Waals surface area contributed by atoms with E-state index in [1.165, 1.54) is 18.5 Å². The summed E-state index contributed by atoms with van der Waals surface area (Å²) >= 11 is 0. The predicted octanol–water partition coefficient (Wildman–Crippen LogP) is 0.789. The minimum absolute atomic E-state index is 0.0211. The van der Waals surface area contributed by atoms with E-state index in [9.17, 15) is 13.2 Å². The first-order valence-electron chi connectivity index (χ1n) is 8.93. The fourth-order valence-corrected chi connectivity index (χ4v) is 4.42. The zero-order valence-corrected chi connectivity index (χ0v) is 17.2. The van der Waals surface area contributed by atoms with Gasteiger partial charge in [-0.3, -0.25) is 4.79 Å². The topological polar surface area (TPSA) is 88.2 Å². The van der Waals surface area contributed by atoms with Crippen LogP contribution in [0.4, 0.5) is 0 Å². The van der Waals surface area contributed by atoms with E-state index in [-0.39, 0.29) is 24.2 Å². The number of likely N-dealkylation sites (tertiary alicyclic amines) is 1. The molecule has 1 fully saturated rings. The second kappa shape index (κ2) is 9.38. The molecule has 9 heteroatoms. The molecule has 0 aliphatic carbocycles. The Bertz CT molecular complexity index is 745. The van der Waals surface area contributed by atoms with E-state index in [0.717, 1.165) is 25.9 Å². The van der Waals surface area contributed by atoms with Gasteiger partial charge in [-0.15, -0.1) is 0 Å². The normalized spacial score (nSPS) is 16.3. The lowest BCUT2D eigenvalue weighted by Crippen LogP contribution is -2.46. The second-order valence-corrected chi connectivity index (χ2v) is 8.84. The van der Waals surface area contributed by atoms with Crippen molar-refractivity contribution >= 4 is 15.9 Å². The summed E-state index contributed by atoms with van der Waals surface area (Å²) in [7, 11) is 3.25. The van der Waals surface area contributed by atoms with Crippen LogP contribution in [0.15, 0.2) is 18.2 Å². The second-order valence-electron chi connectivity index (χ2n) is 6.69. The molecule has 152 valence electrons. The molecule has 1 aromatic rings. The van der Waals surface area contributed by atoms with E-state index in [0.29, 0.717) is 17.1 Å². The Morgan fingerprint density at radius 3 is 2.44 bits per heavy atom. The largest absolute Gasteiger partial charge is 0.493 e. The van der Waals surface area contributed by atoms with E-state index in [4.69, 9.17) is 9.47 Å². The molecule has 1 N–H and O–H groups in total. The number of amides is 1. The summed E-state index contributed by atoms with van der Waals surface area (Å²) in [6.45, 7) is 1.83. The Kier molecular flexibility index (Phi) is 7.46. The van der Waals surface area contributed by atoms with Crippen molar-refractivity contribution in [3.05, 3.63) is 23.8 Å². The molecule has 0 radical (unpaired) electrons. The molecule has 1 heterocycles. The lowest BCUT2D eigenvalue weighted by atomic mass is 10.1. The molecule has 27 heavy (non-hydrogen) atoms. The number of benzene rings is 1. The highest BCUT2D eigenvalue weighted by Gasteiger charge is 2.28. The molecular formula is C18H29N3O5S. The van der Waals surface area contributed by atoms with Crippen molar-refractivity contribution in [3.63, 3.8) is 0 Å². The third kappa shape index (κ3) is 5.57. The van der Waals surface area contributed by atoms with Gasteiger partial charge in [0.2, 0.25) is 10.0 Å². The smallest absolute Gasteiger partial charge is 0.251 e. The quantitative estimate of drug-likeness (QED) is 0.695. The fraction of sp³-hybridized carbons (Fsp3) is 0.611. The zero-order chi connectivity index (χ0) is 20.0. The van der Waals surface area contributed by atoms with Gasteiger partial charge in [-0.25, -0.2) is 12.7 Å². The van der Waals surface area contributed by atoms with Gasteiger partial charge in [0, 0.05) is 25.2 Å². The molecule has 1 aliphatic heterocycles. The molecule has 2 rings (SSSR count). The van der Waals surface area contributed by atoms with E-state index in [2.05, 4.69) is 10.2 Å². The van der Waals surface area contributed by atoms with E-state index < -0.39 is 10.0 Å². The minimum atomic E-state index is -3.42. The first-order valence-corrected chi connectivity index (χ1v) is 10.5. The van der Waals surface area contributed by atoms with Gasteiger partial charge in [0.05, 0.1) is 20.0 Å². The third-order valence-corrected chi connectivity index (χ3v) is 6.83. The third-order valence-electron chi connectivity index (χ3n) is 4.93. The number of hydrogen-bond donors (Lipinski definition) is 1. The van der Waals surface area contributed by atoms with Crippen LogP contribution < -0.4 is 14.8 Å². The van der Waals surface area contributed by atoms with Gasteiger partial charge in [0.25, 0.3) is 5.91 Å². The number of methoxy groups -OCH3 is 2. The highest BCUT2D eigenvalue weighted by molar-refractivity contribution is 7.89. The van der Waals surface area contributed by atoms with Crippen molar-refractivity contribution < 1.29 is 22.7 Å². The number of piperidine rings is 1. The van der Waals surface area contributed by atoms with Crippen molar-refractivity contribution in [1.29, 1.82) is 0 Å². The maximum atomic E-state index is 12.5. The van der Waals surface area contributed by atoms with Crippen molar-refractivity contribution in [3.8, 4) is 11.5 Å². The molecule has 1 aromatic carbocycles. The van der Waals surface area contributed by atoms with Gasteiger partial charge in [-0.05, 0) is 51.2 Å². The van der Waals surface area contributed by atoms with Crippen molar-refractivity contribution in [2.45, 2.75) is 18.9 Å². The molecule has 1 aliphatic rings. The number of nitrogens with zero attached hydrogens (tertiary/aromatic N) is 2. The van der Waals surface area contributed by atoms with Crippen LogP contribution in [0.2, 0.25) is 0 Å². The van der Waals surface area contributed by atoms with Gasteiger partial charge in [0.1, 0.15) is 0 Å². The van der Waals surface area contributed by atoms with Gasteiger partial charge < -0.3 is 19.7 Å². The van der Waals surface area contributed by atoms with Crippen LogP contribution in [-0.2, 0) is 10.0 Å². The van der Waals surface area contributed by atoms with Gasteiger partial charge >= 0.3 is 0 Å². The van der Waals surface area contributed by atoms with Crippen LogP contribution >= 0.6 is 0 Å². The van der Waals surface area contributed by atoms with Crippen LogP contribution in [-0.4, -0.2) is 83.3 Å². The maximum absolute atomic E-state index is 12.5.